The Morgan fingerprint density at radius 2 is 0.688 bits per heavy atom. The number of alkyl halides is 6. The molecule has 11 aromatic carbocycles. The second-order valence-corrected chi connectivity index (χ2v) is 20.2. The lowest BCUT2D eigenvalue weighted by molar-refractivity contribution is -0.143. The van der Waals surface area contributed by atoms with Crippen LogP contribution < -0.4 is 0 Å². The summed E-state index contributed by atoms with van der Waals surface area (Å²) >= 11 is 0. The summed E-state index contributed by atoms with van der Waals surface area (Å²) in [5, 5.41) is 18.7. The van der Waals surface area contributed by atoms with E-state index in [0.717, 1.165) is 111 Å². The topological polar surface area (TPSA) is 43.5 Å². The molecule has 0 aliphatic rings. The van der Waals surface area contributed by atoms with E-state index in [9.17, 15) is 31.6 Å². The maximum absolute atomic E-state index is 14.7. The van der Waals surface area contributed by atoms with Gasteiger partial charge in [-0.2, -0.15) is 31.6 Å². The Kier molecular flexibility index (Phi) is 10.2. The number of nitriles is 1. The summed E-state index contributed by atoms with van der Waals surface area (Å²) in [5.41, 5.74) is 8.67. The lowest BCUT2D eigenvalue weighted by Gasteiger charge is -2.21. The van der Waals surface area contributed by atoms with Gasteiger partial charge in [-0.3, -0.25) is 0 Å². The number of aromatic nitrogens is 4. The summed E-state index contributed by atoms with van der Waals surface area (Å²) in [6.45, 7) is 0. The van der Waals surface area contributed by atoms with E-state index in [-0.39, 0.29) is 17.2 Å². The van der Waals surface area contributed by atoms with Crippen molar-refractivity contribution in [2.24, 2.45) is 0 Å². The molecule has 0 aliphatic heterocycles. The fourth-order valence-electron chi connectivity index (χ4n) is 12.4. The molecule has 0 radical (unpaired) electrons. The van der Waals surface area contributed by atoms with Gasteiger partial charge in [-0.25, -0.2) is 0 Å². The van der Waals surface area contributed by atoms with Gasteiger partial charge in [0.05, 0.1) is 78.3 Å². The Balaban J connectivity index is 1.08. The molecule has 0 saturated heterocycles. The van der Waals surface area contributed by atoms with Crippen LogP contribution in [0, 0.1) is 11.3 Å². The Labute approximate surface area is 451 Å². The summed E-state index contributed by atoms with van der Waals surface area (Å²) in [6, 6.07) is 76.0. The third-order valence-electron chi connectivity index (χ3n) is 15.8. The first-order chi connectivity index (χ1) is 38.9. The van der Waals surface area contributed by atoms with Crippen LogP contribution in [-0.2, 0) is 12.4 Å². The maximum atomic E-state index is 14.7. The highest BCUT2D eigenvalue weighted by Gasteiger charge is 2.37. The minimum Gasteiger partial charge on any atom is -0.309 e. The largest absolute Gasteiger partial charge is 0.416 e. The number of para-hydroxylation sites is 6. The van der Waals surface area contributed by atoms with Crippen molar-refractivity contribution in [2.75, 3.05) is 0 Å². The van der Waals surface area contributed by atoms with Gasteiger partial charge in [-0.1, -0.05) is 121 Å². The highest BCUT2D eigenvalue weighted by molar-refractivity contribution is 6.21. The van der Waals surface area contributed by atoms with Crippen LogP contribution in [0.2, 0.25) is 0 Å². The van der Waals surface area contributed by atoms with Gasteiger partial charge in [0.1, 0.15) is 0 Å². The van der Waals surface area contributed by atoms with Crippen molar-refractivity contribution in [3.05, 3.63) is 253 Å². The zero-order valence-electron chi connectivity index (χ0n) is 42.0. The first kappa shape index (κ1) is 46.9. The van der Waals surface area contributed by atoms with E-state index in [1.807, 2.05) is 109 Å². The highest BCUT2D eigenvalue weighted by Crippen LogP contribution is 2.47. The molecule has 4 aromatic heterocycles. The Morgan fingerprint density at radius 1 is 0.287 bits per heavy atom. The second-order valence-electron chi connectivity index (χ2n) is 20.2. The number of benzene rings is 11. The smallest absolute Gasteiger partial charge is 0.309 e. The van der Waals surface area contributed by atoms with Gasteiger partial charge in [0, 0.05) is 65.6 Å². The van der Waals surface area contributed by atoms with E-state index in [2.05, 4.69) is 109 Å². The molecule has 0 amide bonds. The molecule has 0 atom stereocenters. The normalized spacial score (nSPS) is 12.4. The number of hydrogen-bond donors (Lipinski definition) is 0. The lowest BCUT2D eigenvalue weighted by Crippen LogP contribution is -2.11. The van der Waals surface area contributed by atoms with Crippen molar-refractivity contribution in [1.82, 2.24) is 18.3 Å². The molecule has 4 heterocycles. The quantitative estimate of drug-likeness (QED) is 0.153. The van der Waals surface area contributed by atoms with Crippen LogP contribution >= 0.6 is 0 Å². The molecule has 5 nitrogen and oxygen atoms in total. The van der Waals surface area contributed by atoms with E-state index in [1.54, 1.807) is 24.3 Å². The Morgan fingerprint density at radius 3 is 1.12 bits per heavy atom. The van der Waals surface area contributed by atoms with Gasteiger partial charge in [0.25, 0.3) is 0 Å². The molecule has 15 rings (SSSR count). The van der Waals surface area contributed by atoms with Crippen LogP contribution in [0.3, 0.4) is 0 Å². The van der Waals surface area contributed by atoms with Crippen LogP contribution in [0.1, 0.15) is 16.7 Å². The van der Waals surface area contributed by atoms with E-state index >= 15 is 0 Å². The van der Waals surface area contributed by atoms with Crippen LogP contribution in [0.25, 0.3) is 132 Å². The lowest BCUT2D eigenvalue weighted by atomic mass is 9.93. The molecule has 0 aliphatic carbocycles. The minimum absolute atomic E-state index is 0.124. The summed E-state index contributed by atoms with van der Waals surface area (Å²) in [5.74, 6) is 0. The van der Waals surface area contributed by atoms with Crippen molar-refractivity contribution in [3.63, 3.8) is 0 Å². The summed E-state index contributed by atoms with van der Waals surface area (Å²) in [7, 11) is 0. The van der Waals surface area contributed by atoms with E-state index in [0.29, 0.717) is 28.1 Å². The van der Waals surface area contributed by atoms with Gasteiger partial charge in [0.2, 0.25) is 0 Å². The molecule has 15 aromatic rings. The number of hydrogen-bond acceptors (Lipinski definition) is 1. The molecular formula is C69H39F6N5. The van der Waals surface area contributed by atoms with Crippen molar-refractivity contribution < 1.29 is 26.3 Å². The molecule has 80 heavy (non-hydrogen) atoms. The van der Waals surface area contributed by atoms with Crippen LogP contribution in [0.4, 0.5) is 26.3 Å². The van der Waals surface area contributed by atoms with Gasteiger partial charge >= 0.3 is 12.4 Å². The Bertz CT molecular complexity index is 5070. The fraction of sp³-hybridized carbons (Fsp3) is 0.0290. The summed E-state index contributed by atoms with van der Waals surface area (Å²) < 4.78 is 96.8. The SMILES string of the molecule is N#Cc1ccc(-c2cc(-c3cc(C(F)(F)F)cc(C(F)(F)F)c3)ccc2-n2c3ccccc3c3cc4c5ccccc5n(-c5ccccc5)c4cc32)c(-n2c3ccccc3c3cc4c5ccccc5n(-c5ccccc5)c4cc32)c1. The predicted octanol–water partition coefficient (Wildman–Crippen LogP) is 19.3. The average Bonchev–Trinajstić information content (AvgIpc) is 4.39. The number of fused-ring (bicyclic) bond motifs is 12. The fourth-order valence-corrected chi connectivity index (χ4v) is 12.4. The van der Waals surface area contributed by atoms with Gasteiger partial charge in [0.15, 0.2) is 0 Å². The first-order valence-electron chi connectivity index (χ1n) is 25.9. The number of nitrogens with zero attached hydrogens (tertiary/aromatic N) is 5. The van der Waals surface area contributed by atoms with Crippen molar-refractivity contribution in [3.8, 4) is 51.1 Å². The molecule has 0 N–H and O–H groups in total. The average molecular weight is 1050 g/mol. The van der Waals surface area contributed by atoms with Crippen LogP contribution in [0.5, 0.6) is 0 Å². The Hall–Kier alpha value is -10.3. The van der Waals surface area contributed by atoms with E-state index in [1.165, 1.54) is 0 Å². The van der Waals surface area contributed by atoms with Crippen molar-refractivity contribution in [2.45, 2.75) is 12.4 Å². The molecule has 0 spiro atoms. The molecule has 0 unspecified atom stereocenters. The molecule has 382 valence electrons. The van der Waals surface area contributed by atoms with Gasteiger partial charge in [-0.05, 0) is 126 Å². The predicted molar refractivity (Wildman–Crippen MR) is 309 cm³/mol. The highest BCUT2D eigenvalue weighted by atomic mass is 19.4. The zero-order valence-corrected chi connectivity index (χ0v) is 42.0. The molecule has 0 bridgehead atoms. The third-order valence-corrected chi connectivity index (χ3v) is 15.8. The van der Waals surface area contributed by atoms with E-state index in [4.69, 9.17) is 0 Å². The van der Waals surface area contributed by atoms with Crippen molar-refractivity contribution >= 4 is 87.2 Å². The number of rotatable bonds is 6. The summed E-state index contributed by atoms with van der Waals surface area (Å²) in [6.07, 6.45) is -10.2. The van der Waals surface area contributed by atoms with E-state index < -0.39 is 23.5 Å². The van der Waals surface area contributed by atoms with Crippen LogP contribution in [-0.4, -0.2) is 18.3 Å². The molecule has 0 saturated carbocycles. The molecule has 0 fully saturated rings. The second kappa shape index (κ2) is 17.3. The van der Waals surface area contributed by atoms with Crippen molar-refractivity contribution in [1.29, 1.82) is 5.26 Å². The summed E-state index contributed by atoms with van der Waals surface area (Å²) in [4.78, 5) is 0. The minimum atomic E-state index is -5.08. The zero-order chi connectivity index (χ0) is 54.2. The first-order valence-corrected chi connectivity index (χ1v) is 25.9. The molecule has 11 heteroatoms. The number of halogens is 6. The van der Waals surface area contributed by atoms with Crippen LogP contribution in [0.15, 0.2) is 237 Å². The monoisotopic (exact) mass is 1050 g/mol. The standard InChI is InChI=1S/C69H39F6N5/c70-68(71,72)44-32-43(33-45(35-44)69(73,74)75)42-28-30-62(79-60-25-13-9-21-50(60)56-36-54-48-19-7-11-23-58(48)77(64(54)38-66(56)79)46-15-3-1-4-16-46)53(34-42)52-29-27-41(40-76)31-63(52)80-61-26-14-10-22-51(61)57-37-55-49-20-8-12-24-59(49)78(65(55)39-67(57)80)47-17-5-2-6-18-47/h1-39H. The van der Waals surface area contributed by atoms with Gasteiger partial charge < -0.3 is 18.3 Å². The molecular weight excluding hydrogens is 1010 g/mol. The third kappa shape index (κ3) is 7.12. The maximum Gasteiger partial charge on any atom is 0.416 e. The van der Waals surface area contributed by atoms with Gasteiger partial charge in [-0.15, -0.1) is 0 Å².